The van der Waals surface area contributed by atoms with Gasteiger partial charge in [-0.05, 0) is 49.1 Å². The fourth-order valence-corrected chi connectivity index (χ4v) is 4.04. The standard InChI is InChI=1S/C24H21FN6O2/c1-12-7-20(33-14-4-5-14)17(9-26)21(22(12)25)23-18(11-28-31(23)2)13-3-6-15-16(8-13)19(10-27)29-30-24(15)32/h3,6-8,11,14H,4-5,10,27H2,1-2H3,(H,30,32). The molecular formula is C24H21FN6O2. The second-order valence-electron chi connectivity index (χ2n) is 8.18. The third-order valence-corrected chi connectivity index (χ3v) is 5.89. The van der Waals surface area contributed by atoms with E-state index in [4.69, 9.17) is 10.5 Å². The number of fused-ring (bicyclic) bond motifs is 1. The molecule has 33 heavy (non-hydrogen) atoms. The van der Waals surface area contributed by atoms with Crippen molar-refractivity contribution in [2.24, 2.45) is 12.8 Å². The molecule has 5 rings (SSSR count). The molecule has 166 valence electrons. The molecule has 2 aromatic heterocycles. The molecule has 0 bridgehead atoms. The van der Waals surface area contributed by atoms with E-state index in [1.165, 1.54) is 0 Å². The molecule has 3 N–H and O–H groups in total. The molecule has 0 radical (unpaired) electrons. The Balaban J connectivity index is 1.76. The third-order valence-electron chi connectivity index (χ3n) is 5.89. The van der Waals surface area contributed by atoms with Gasteiger partial charge in [0.15, 0.2) is 0 Å². The van der Waals surface area contributed by atoms with Crippen molar-refractivity contribution in [1.29, 1.82) is 5.26 Å². The summed E-state index contributed by atoms with van der Waals surface area (Å²) in [6.07, 6.45) is 3.51. The van der Waals surface area contributed by atoms with Crippen LogP contribution in [0.3, 0.4) is 0 Å². The molecule has 1 aliphatic carbocycles. The maximum absolute atomic E-state index is 15.5. The minimum Gasteiger partial charge on any atom is -0.489 e. The van der Waals surface area contributed by atoms with Gasteiger partial charge in [-0.25, -0.2) is 9.49 Å². The smallest absolute Gasteiger partial charge is 0.272 e. The molecule has 0 saturated heterocycles. The maximum atomic E-state index is 15.5. The number of hydrogen-bond acceptors (Lipinski definition) is 6. The van der Waals surface area contributed by atoms with Crippen LogP contribution in [0.4, 0.5) is 4.39 Å². The van der Waals surface area contributed by atoms with Crippen LogP contribution < -0.4 is 16.0 Å². The number of nitriles is 1. The van der Waals surface area contributed by atoms with Gasteiger partial charge in [0.1, 0.15) is 23.2 Å². The largest absolute Gasteiger partial charge is 0.489 e. The number of nitrogens with one attached hydrogen (secondary N) is 1. The highest BCUT2D eigenvalue weighted by Crippen LogP contribution is 2.41. The van der Waals surface area contributed by atoms with Crippen LogP contribution in [0.15, 0.2) is 35.3 Å². The Kier molecular flexibility index (Phi) is 4.95. The second-order valence-corrected chi connectivity index (χ2v) is 8.18. The van der Waals surface area contributed by atoms with Crippen LogP contribution in [-0.2, 0) is 13.6 Å². The van der Waals surface area contributed by atoms with E-state index in [1.807, 2.05) is 0 Å². The summed E-state index contributed by atoms with van der Waals surface area (Å²) in [6, 6.07) is 8.95. The van der Waals surface area contributed by atoms with Gasteiger partial charge in [0, 0.05) is 24.5 Å². The van der Waals surface area contributed by atoms with Crippen LogP contribution in [-0.4, -0.2) is 26.1 Å². The first kappa shape index (κ1) is 20.8. The highest BCUT2D eigenvalue weighted by Gasteiger charge is 2.29. The van der Waals surface area contributed by atoms with Gasteiger partial charge in [-0.2, -0.15) is 15.5 Å². The molecule has 0 unspecified atom stereocenters. The summed E-state index contributed by atoms with van der Waals surface area (Å²) in [5, 5.41) is 21.9. The number of rotatable bonds is 5. The topological polar surface area (TPSA) is 123 Å². The van der Waals surface area contributed by atoms with E-state index in [1.54, 1.807) is 49.1 Å². The van der Waals surface area contributed by atoms with Crippen molar-refractivity contribution < 1.29 is 9.13 Å². The molecule has 9 heteroatoms. The number of nitrogens with zero attached hydrogens (tertiary/aromatic N) is 4. The highest BCUT2D eigenvalue weighted by atomic mass is 19.1. The van der Waals surface area contributed by atoms with Crippen LogP contribution in [0.5, 0.6) is 5.75 Å². The monoisotopic (exact) mass is 444 g/mol. The van der Waals surface area contributed by atoms with Crippen LogP contribution >= 0.6 is 0 Å². The first-order valence-corrected chi connectivity index (χ1v) is 10.6. The summed E-state index contributed by atoms with van der Waals surface area (Å²) in [6.45, 7) is 1.79. The molecule has 1 saturated carbocycles. The number of hydrogen-bond donors (Lipinski definition) is 2. The highest BCUT2D eigenvalue weighted by molar-refractivity contribution is 5.92. The normalized spacial score (nSPS) is 13.3. The van der Waals surface area contributed by atoms with Crippen molar-refractivity contribution in [2.75, 3.05) is 0 Å². The van der Waals surface area contributed by atoms with Crippen LogP contribution in [0, 0.1) is 24.1 Å². The summed E-state index contributed by atoms with van der Waals surface area (Å²) < 4.78 is 23.0. The van der Waals surface area contributed by atoms with Gasteiger partial charge in [-0.1, -0.05) is 6.07 Å². The first-order valence-electron chi connectivity index (χ1n) is 10.6. The fourth-order valence-electron chi connectivity index (χ4n) is 4.04. The minimum atomic E-state index is -0.499. The summed E-state index contributed by atoms with van der Waals surface area (Å²) in [5.74, 6) is -0.123. The van der Waals surface area contributed by atoms with E-state index in [2.05, 4.69) is 21.4 Å². The number of ether oxygens (including phenoxy) is 1. The van der Waals surface area contributed by atoms with Crippen molar-refractivity contribution >= 4 is 10.8 Å². The fraction of sp³-hybridized carbons (Fsp3) is 0.250. The van der Waals surface area contributed by atoms with E-state index in [-0.39, 0.29) is 29.3 Å². The van der Waals surface area contributed by atoms with Gasteiger partial charge in [0.2, 0.25) is 0 Å². The summed E-state index contributed by atoms with van der Waals surface area (Å²) in [5.41, 5.74) is 8.45. The van der Waals surface area contributed by atoms with E-state index < -0.39 is 5.82 Å². The van der Waals surface area contributed by atoms with Crippen molar-refractivity contribution in [2.45, 2.75) is 32.4 Å². The number of aryl methyl sites for hydroxylation is 2. The molecule has 1 aliphatic rings. The zero-order valence-electron chi connectivity index (χ0n) is 18.1. The van der Waals surface area contributed by atoms with Crippen molar-refractivity contribution in [3.05, 3.63) is 63.5 Å². The number of benzene rings is 2. The summed E-state index contributed by atoms with van der Waals surface area (Å²) in [7, 11) is 1.70. The lowest BCUT2D eigenvalue weighted by Crippen LogP contribution is -2.13. The molecule has 8 nitrogen and oxygen atoms in total. The van der Waals surface area contributed by atoms with Crippen LogP contribution in [0.25, 0.3) is 33.2 Å². The molecule has 2 heterocycles. The molecule has 4 aromatic rings. The zero-order chi connectivity index (χ0) is 23.3. The maximum Gasteiger partial charge on any atom is 0.272 e. The Morgan fingerprint density at radius 3 is 2.82 bits per heavy atom. The van der Waals surface area contributed by atoms with Gasteiger partial charge in [-0.15, -0.1) is 0 Å². The third kappa shape index (κ3) is 3.45. The van der Waals surface area contributed by atoms with E-state index in [0.717, 1.165) is 12.8 Å². The summed E-state index contributed by atoms with van der Waals surface area (Å²) in [4.78, 5) is 12.2. The lowest BCUT2D eigenvalue weighted by molar-refractivity contribution is 0.301. The van der Waals surface area contributed by atoms with Crippen molar-refractivity contribution in [3.8, 4) is 34.2 Å². The molecule has 0 aliphatic heterocycles. The number of aromatic amines is 1. The molecule has 0 spiro atoms. The minimum absolute atomic E-state index is 0.0570. The average molecular weight is 444 g/mol. The van der Waals surface area contributed by atoms with Gasteiger partial charge in [0.25, 0.3) is 5.56 Å². The van der Waals surface area contributed by atoms with E-state index in [9.17, 15) is 10.1 Å². The van der Waals surface area contributed by atoms with Gasteiger partial charge in [0.05, 0.1) is 34.6 Å². The van der Waals surface area contributed by atoms with Gasteiger partial charge < -0.3 is 10.5 Å². The zero-order valence-corrected chi connectivity index (χ0v) is 18.1. The quantitative estimate of drug-likeness (QED) is 0.487. The van der Waals surface area contributed by atoms with E-state index >= 15 is 4.39 Å². The predicted molar refractivity (Wildman–Crippen MR) is 121 cm³/mol. The molecule has 2 aromatic carbocycles. The second kappa shape index (κ2) is 7.83. The van der Waals surface area contributed by atoms with Crippen molar-refractivity contribution in [3.63, 3.8) is 0 Å². The molecular weight excluding hydrogens is 423 g/mol. The number of H-pyrrole nitrogens is 1. The Morgan fingerprint density at radius 1 is 1.33 bits per heavy atom. The Labute approximate surface area is 188 Å². The Hall–Kier alpha value is -4.03. The Morgan fingerprint density at radius 2 is 2.12 bits per heavy atom. The molecule has 1 fully saturated rings. The number of aromatic nitrogens is 4. The molecule has 0 amide bonds. The number of halogens is 1. The summed E-state index contributed by atoms with van der Waals surface area (Å²) >= 11 is 0. The van der Waals surface area contributed by atoms with Crippen LogP contribution in [0.2, 0.25) is 0 Å². The van der Waals surface area contributed by atoms with Crippen molar-refractivity contribution in [1.82, 2.24) is 20.0 Å². The van der Waals surface area contributed by atoms with E-state index in [0.29, 0.717) is 44.6 Å². The van der Waals surface area contributed by atoms with Crippen LogP contribution in [0.1, 0.15) is 29.7 Å². The lowest BCUT2D eigenvalue weighted by atomic mass is 9.94. The molecule has 0 atom stereocenters. The first-order chi connectivity index (χ1) is 15.9. The Bertz CT molecular complexity index is 1510. The average Bonchev–Trinajstić information content (AvgIpc) is 3.55. The van der Waals surface area contributed by atoms with Gasteiger partial charge >= 0.3 is 0 Å². The van der Waals surface area contributed by atoms with Gasteiger partial charge in [-0.3, -0.25) is 9.48 Å². The SMILES string of the molecule is Cc1cc(OC2CC2)c(C#N)c(-c2c(-c3ccc4c(=O)[nH]nc(CN)c4c3)cnn2C)c1F. The number of nitrogens with two attached hydrogens (primary N) is 1. The lowest BCUT2D eigenvalue weighted by Gasteiger charge is -2.16. The predicted octanol–water partition coefficient (Wildman–Crippen LogP) is 3.31.